The Hall–Kier alpha value is -3.12. The minimum atomic E-state index is -4.49. The smallest absolute Gasteiger partial charge is 0.387 e. The summed E-state index contributed by atoms with van der Waals surface area (Å²) >= 11 is 0. The Bertz CT molecular complexity index is 1110. The number of ether oxygens (including phenoxy) is 2. The fourth-order valence-corrected chi connectivity index (χ4v) is 3.91. The van der Waals surface area contributed by atoms with Gasteiger partial charge in [-0.3, -0.25) is 0 Å². The van der Waals surface area contributed by atoms with Crippen LogP contribution in [0, 0.1) is 6.92 Å². The molecule has 0 amide bonds. The maximum Gasteiger partial charge on any atom is 0.387 e. The molecule has 0 saturated carbocycles. The molecule has 0 bridgehead atoms. The van der Waals surface area contributed by atoms with Crippen LogP contribution in [0.1, 0.15) is 22.7 Å². The number of aliphatic imine (C=N–C) groups is 1. The second-order valence-electron chi connectivity index (χ2n) is 6.40. The van der Waals surface area contributed by atoms with Gasteiger partial charge in [0.1, 0.15) is 11.5 Å². The number of halogens is 4. The second-order valence-corrected chi connectivity index (χ2v) is 7.83. The lowest BCUT2D eigenvalue weighted by Gasteiger charge is -2.33. The van der Waals surface area contributed by atoms with E-state index < -0.39 is 35.2 Å². The normalized spacial score (nSPS) is 16.6. The highest BCUT2D eigenvalue weighted by molar-refractivity contribution is 7.87. The Kier molecular flexibility index (Phi) is 6.51. The van der Waals surface area contributed by atoms with E-state index in [2.05, 4.69) is 14.5 Å². The number of rotatable bonds is 7. The van der Waals surface area contributed by atoms with Crippen molar-refractivity contribution in [2.45, 2.75) is 26.2 Å². The standard InChI is InChI=1S/C19H17F4N3O4S/c1-11-2-4-12(5-3-11)17-25-9-8-15(26(17)31(24,27)28)14-10-13(29-18(20)21)6-7-16(14)30-19(22)23/h2-10,15,18-19H,1H3,(H2,24,27,28). The molecule has 2 aromatic rings. The summed E-state index contributed by atoms with van der Waals surface area (Å²) in [6.07, 6.45) is 2.51. The van der Waals surface area contributed by atoms with Crippen LogP contribution >= 0.6 is 0 Å². The van der Waals surface area contributed by atoms with Gasteiger partial charge in [-0.2, -0.15) is 26.0 Å². The van der Waals surface area contributed by atoms with Crippen molar-refractivity contribution in [1.82, 2.24) is 4.31 Å². The Morgan fingerprint density at radius 2 is 1.68 bits per heavy atom. The third-order valence-electron chi connectivity index (χ3n) is 4.25. The Morgan fingerprint density at radius 1 is 1.03 bits per heavy atom. The molecule has 1 aliphatic rings. The van der Waals surface area contributed by atoms with E-state index in [1.54, 1.807) is 24.3 Å². The molecule has 0 saturated heterocycles. The lowest BCUT2D eigenvalue weighted by Crippen LogP contribution is -2.44. The summed E-state index contributed by atoms with van der Waals surface area (Å²) in [7, 11) is -4.49. The van der Waals surface area contributed by atoms with Crippen LogP contribution in [0.15, 0.2) is 59.7 Å². The van der Waals surface area contributed by atoms with E-state index in [9.17, 15) is 26.0 Å². The minimum absolute atomic E-state index is 0.0850. The number of benzene rings is 2. The van der Waals surface area contributed by atoms with Gasteiger partial charge < -0.3 is 9.47 Å². The van der Waals surface area contributed by atoms with Gasteiger partial charge in [0.15, 0.2) is 5.84 Å². The van der Waals surface area contributed by atoms with Crippen molar-refractivity contribution in [1.29, 1.82) is 0 Å². The SMILES string of the molecule is Cc1ccc(C2=NC=CC(c3cc(OC(F)F)ccc3OC(F)F)N2S(N)(=O)=O)cc1. The van der Waals surface area contributed by atoms with Gasteiger partial charge >= 0.3 is 23.4 Å². The molecule has 0 spiro atoms. The highest BCUT2D eigenvalue weighted by Gasteiger charge is 2.35. The minimum Gasteiger partial charge on any atom is -0.435 e. The van der Waals surface area contributed by atoms with Gasteiger partial charge in [0.25, 0.3) is 0 Å². The third-order valence-corrected chi connectivity index (χ3v) is 5.20. The summed E-state index contributed by atoms with van der Waals surface area (Å²) in [6.45, 7) is -4.60. The van der Waals surface area contributed by atoms with Crippen LogP contribution in [0.3, 0.4) is 0 Å². The predicted molar refractivity (Wildman–Crippen MR) is 104 cm³/mol. The first kappa shape index (κ1) is 22.6. The van der Waals surface area contributed by atoms with Crippen molar-refractivity contribution >= 4 is 16.0 Å². The molecular weight excluding hydrogens is 442 g/mol. The molecule has 31 heavy (non-hydrogen) atoms. The highest BCUT2D eigenvalue weighted by atomic mass is 32.2. The van der Waals surface area contributed by atoms with Crippen LogP contribution < -0.4 is 14.6 Å². The molecule has 1 unspecified atom stereocenters. The lowest BCUT2D eigenvalue weighted by atomic mass is 10.0. The van der Waals surface area contributed by atoms with Crippen molar-refractivity contribution < 1.29 is 35.5 Å². The Labute approximate surface area is 175 Å². The zero-order chi connectivity index (χ0) is 22.8. The summed E-state index contributed by atoms with van der Waals surface area (Å²) < 4.78 is 85.6. The first-order valence-electron chi connectivity index (χ1n) is 8.73. The molecular formula is C19H17F4N3O4S. The zero-order valence-corrected chi connectivity index (χ0v) is 16.8. The van der Waals surface area contributed by atoms with Gasteiger partial charge in [0, 0.05) is 17.3 Å². The molecule has 166 valence electrons. The fourth-order valence-electron chi connectivity index (χ4n) is 3.01. The van der Waals surface area contributed by atoms with E-state index >= 15 is 0 Å². The van der Waals surface area contributed by atoms with Crippen LogP contribution in [0.2, 0.25) is 0 Å². The number of nitrogens with two attached hydrogens (primary N) is 1. The largest absolute Gasteiger partial charge is 0.435 e. The molecule has 7 nitrogen and oxygen atoms in total. The van der Waals surface area contributed by atoms with E-state index in [1.165, 1.54) is 12.3 Å². The van der Waals surface area contributed by atoms with Crippen molar-refractivity contribution in [2.75, 3.05) is 0 Å². The van der Waals surface area contributed by atoms with Crippen LogP contribution in [-0.4, -0.2) is 31.8 Å². The summed E-state index contributed by atoms with van der Waals surface area (Å²) in [6, 6.07) is 8.28. The van der Waals surface area contributed by atoms with Crippen molar-refractivity contribution in [2.24, 2.45) is 10.1 Å². The average molecular weight is 459 g/mol. The van der Waals surface area contributed by atoms with Crippen LogP contribution in [0.25, 0.3) is 0 Å². The van der Waals surface area contributed by atoms with Gasteiger partial charge in [0.2, 0.25) is 0 Å². The molecule has 1 atom stereocenters. The fraction of sp³-hybridized carbons (Fsp3) is 0.211. The number of hydrogen-bond acceptors (Lipinski definition) is 5. The van der Waals surface area contributed by atoms with Crippen molar-refractivity contribution in [3.8, 4) is 11.5 Å². The topological polar surface area (TPSA) is 94.2 Å². The first-order chi connectivity index (χ1) is 14.6. The maximum absolute atomic E-state index is 12.9. The second kappa shape index (κ2) is 8.94. The molecule has 0 aromatic heterocycles. The van der Waals surface area contributed by atoms with E-state index in [0.29, 0.717) is 9.87 Å². The van der Waals surface area contributed by atoms with Crippen molar-refractivity contribution in [3.63, 3.8) is 0 Å². The quantitative estimate of drug-likeness (QED) is 0.639. The maximum atomic E-state index is 12.9. The molecule has 0 fully saturated rings. The van der Waals surface area contributed by atoms with E-state index in [0.717, 1.165) is 23.8 Å². The van der Waals surface area contributed by atoms with Gasteiger partial charge in [-0.1, -0.05) is 29.8 Å². The third kappa shape index (κ3) is 5.33. The molecule has 0 aliphatic carbocycles. The molecule has 1 aliphatic heterocycles. The van der Waals surface area contributed by atoms with Crippen molar-refractivity contribution in [3.05, 3.63) is 71.4 Å². The number of hydrogen-bond donors (Lipinski definition) is 1. The van der Waals surface area contributed by atoms with Gasteiger partial charge in [-0.15, -0.1) is 0 Å². The van der Waals surface area contributed by atoms with Crippen LogP contribution in [-0.2, 0) is 10.2 Å². The molecule has 2 N–H and O–H groups in total. The summed E-state index contributed by atoms with van der Waals surface area (Å²) in [5.41, 5.74) is 1.09. The van der Waals surface area contributed by atoms with E-state index in [-0.39, 0.29) is 17.1 Å². The zero-order valence-electron chi connectivity index (χ0n) is 16.0. The van der Waals surface area contributed by atoms with E-state index in [4.69, 9.17) is 5.14 Å². The number of nitrogens with zero attached hydrogens (tertiary/aromatic N) is 2. The molecule has 3 rings (SSSR count). The summed E-state index contributed by atoms with van der Waals surface area (Å²) in [5, 5.41) is 5.41. The predicted octanol–water partition coefficient (Wildman–Crippen LogP) is 3.72. The Balaban J connectivity index is 2.14. The van der Waals surface area contributed by atoms with Crippen LogP contribution in [0.5, 0.6) is 11.5 Å². The van der Waals surface area contributed by atoms with Gasteiger partial charge in [0.05, 0.1) is 6.04 Å². The van der Waals surface area contributed by atoms with Crippen LogP contribution in [0.4, 0.5) is 17.6 Å². The van der Waals surface area contributed by atoms with Gasteiger partial charge in [-0.25, -0.2) is 14.4 Å². The molecule has 12 heteroatoms. The average Bonchev–Trinajstić information content (AvgIpc) is 2.67. The molecule has 1 heterocycles. The summed E-state index contributed by atoms with van der Waals surface area (Å²) in [4.78, 5) is 4.08. The Morgan fingerprint density at radius 3 is 2.26 bits per heavy atom. The monoisotopic (exact) mass is 459 g/mol. The lowest BCUT2D eigenvalue weighted by molar-refractivity contribution is -0.0536. The number of amidine groups is 1. The highest BCUT2D eigenvalue weighted by Crippen LogP contribution is 2.38. The molecule has 0 radical (unpaired) electrons. The van der Waals surface area contributed by atoms with E-state index in [1.807, 2.05) is 6.92 Å². The molecule has 2 aromatic carbocycles. The first-order valence-corrected chi connectivity index (χ1v) is 10.2. The number of alkyl halides is 4. The van der Waals surface area contributed by atoms with Gasteiger partial charge in [-0.05, 0) is 31.2 Å². The summed E-state index contributed by atoms with van der Waals surface area (Å²) in [5.74, 6) is -0.906. The number of aryl methyl sites for hydroxylation is 1.